The molecule has 0 bridgehead atoms. The summed E-state index contributed by atoms with van der Waals surface area (Å²) >= 11 is 0. The lowest BCUT2D eigenvalue weighted by molar-refractivity contribution is -0.0508. The minimum absolute atomic E-state index is 0.00315. The van der Waals surface area contributed by atoms with Crippen LogP contribution in [0.2, 0.25) is 0 Å². The Hall–Kier alpha value is -2.83. The van der Waals surface area contributed by atoms with Gasteiger partial charge in [0.15, 0.2) is 11.5 Å². The van der Waals surface area contributed by atoms with Crippen LogP contribution in [0, 0.1) is 0 Å². The van der Waals surface area contributed by atoms with E-state index in [0.29, 0.717) is 22.6 Å². The average molecular weight is 338 g/mol. The standard InChI is InChI=1S/C17H16F2O5/c1-21-15-9-11(16(20)22-2)7-8-14(15)23-10-12-5-3-4-6-13(12)24-17(18)19/h3-9,17H,10H2,1-2H3. The second-order valence-electron chi connectivity index (χ2n) is 4.63. The smallest absolute Gasteiger partial charge is 0.387 e. The minimum atomic E-state index is -2.92. The van der Waals surface area contributed by atoms with E-state index in [1.807, 2.05) is 0 Å². The van der Waals surface area contributed by atoms with Crippen molar-refractivity contribution < 1.29 is 32.5 Å². The molecule has 5 nitrogen and oxygen atoms in total. The van der Waals surface area contributed by atoms with Crippen LogP contribution in [0.4, 0.5) is 8.78 Å². The SMILES string of the molecule is COC(=O)c1ccc(OCc2ccccc2OC(F)F)c(OC)c1. The number of alkyl halides is 2. The van der Waals surface area contributed by atoms with Gasteiger partial charge in [-0.25, -0.2) is 4.79 Å². The Morgan fingerprint density at radius 3 is 2.46 bits per heavy atom. The van der Waals surface area contributed by atoms with Crippen LogP contribution < -0.4 is 14.2 Å². The van der Waals surface area contributed by atoms with Crippen LogP contribution in [-0.2, 0) is 11.3 Å². The van der Waals surface area contributed by atoms with E-state index in [2.05, 4.69) is 9.47 Å². The Labute approximate surface area is 137 Å². The van der Waals surface area contributed by atoms with E-state index in [9.17, 15) is 13.6 Å². The van der Waals surface area contributed by atoms with Gasteiger partial charge in [0.1, 0.15) is 12.4 Å². The van der Waals surface area contributed by atoms with Gasteiger partial charge in [0.2, 0.25) is 0 Å². The van der Waals surface area contributed by atoms with E-state index in [0.717, 1.165) is 0 Å². The van der Waals surface area contributed by atoms with Crippen molar-refractivity contribution in [2.75, 3.05) is 14.2 Å². The summed E-state index contributed by atoms with van der Waals surface area (Å²) in [4.78, 5) is 11.5. The predicted octanol–water partition coefficient (Wildman–Crippen LogP) is 3.66. The molecule has 0 radical (unpaired) electrons. The van der Waals surface area contributed by atoms with E-state index >= 15 is 0 Å². The van der Waals surface area contributed by atoms with Crippen LogP contribution in [0.25, 0.3) is 0 Å². The molecular weight excluding hydrogens is 322 g/mol. The molecule has 0 aliphatic rings. The largest absolute Gasteiger partial charge is 0.493 e. The van der Waals surface area contributed by atoms with Crippen molar-refractivity contribution in [3.63, 3.8) is 0 Å². The maximum Gasteiger partial charge on any atom is 0.387 e. The second-order valence-corrected chi connectivity index (χ2v) is 4.63. The molecule has 0 spiro atoms. The summed E-state index contributed by atoms with van der Waals surface area (Å²) in [5, 5.41) is 0. The van der Waals surface area contributed by atoms with E-state index in [1.54, 1.807) is 24.3 Å². The predicted molar refractivity (Wildman–Crippen MR) is 81.7 cm³/mol. The summed E-state index contributed by atoms with van der Waals surface area (Å²) in [5.74, 6) is 0.218. The Kier molecular flexibility index (Phi) is 5.95. The van der Waals surface area contributed by atoms with Crippen molar-refractivity contribution in [2.45, 2.75) is 13.2 Å². The van der Waals surface area contributed by atoms with Crippen molar-refractivity contribution >= 4 is 5.97 Å². The van der Waals surface area contributed by atoms with Gasteiger partial charge in [-0.3, -0.25) is 0 Å². The van der Waals surface area contributed by atoms with Crippen molar-refractivity contribution in [1.82, 2.24) is 0 Å². The number of benzene rings is 2. The lowest BCUT2D eigenvalue weighted by Crippen LogP contribution is -2.07. The number of carbonyl (C=O) groups is 1. The topological polar surface area (TPSA) is 54.0 Å². The first-order chi connectivity index (χ1) is 11.5. The third-order valence-corrected chi connectivity index (χ3v) is 3.16. The summed E-state index contributed by atoms with van der Waals surface area (Å²) in [6.07, 6.45) is 0. The first-order valence-electron chi connectivity index (χ1n) is 6.97. The van der Waals surface area contributed by atoms with E-state index in [1.165, 1.54) is 32.4 Å². The van der Waals surface area contributed by atoms with Gasteiger partial charge in [-0.1, -0.05) is 18.2 Å². The van der Waals surface area contributed by atoms with Crippen molar-refractivity contribution in [3.05, 3.63) is 53.6 Å². The maximum atomic E-state index is 12.4. The van der Waals surface area contributed by atoms with Gasteiger partial charge in [0, 0.05) is 5.56 Å². The number of ether oxygens (including phenoxy) is 4. The lowest BCUT2D eigenvalue weighted by Gasteiger charge is -2.14. The molecule has 0 heterocycles. The third-order valence-electron chi connectivity index (χ3n) is 3.16. The van der Waals surface area contributed by atoms with E-state index in [-0.39, 0.29) is 12.4 Å². The van der Waals surface area contributed by atoms with Gasteiger partial charge in [-0.15, -0.1) is 0 Å². The van der Waals surface area contributed by atoms with Crippen LogP contribution in [0.5, 0.6) is 17.2 Å². The molecule has 0 saturated heterocycles. The van der Waals surface area contributed by atoms with Crippen LogP contribution in [0.15, 0.2) is 42.5 Å². The molecule has 0 aromatic heterocycles. The minimum Gasteiger partial charge on any atom is -0.493 e. The van der Waals surface area contributed by atoms with Crippen molar-refractivity contribution in [2.24, 2.45) is 0 Å². The average Bonchev–Trinajstić information content (AvgIpc) is 2.59. The molecule has 2 aromatic carbocycles. The van der Waals surface area contributed by atoms with Gasteiger partial charge < -0.3 is 18.9 Å². The summed E-state index contributed by atoms with van der Waals surface area (Å²) in [5.41, 5.74) is 0.764. The van der Waals surface area contributed by atoms with Crippen LogP contribution >= 0.6 is 0 Å². The van der Waals surface area contributed by atoms with Gasteiger partial charge in [-0.2, -0.15) is 8.78 Å². The molecule has 0 N–H and O–H groups in total. The van der Waals surface area contributed by atoms with E-state index < -0.39 is 12.6 Å². The molecule has 24 heavy (non-hydrogen) atoms. The molecule has 0 fully saturated rings. The number of para-hydroxylation sites is 1. The fourth-order valence-corrected chi connectivity index (χ4v) is 2.02. The number of esters is 1. The molecule has 0 saturated carbocycles. The van der Waals surface area contributed by atoms with Gasteiger partial charge >= 0.3 is 12.6 Å². The molecule has 7 heteroatoms. The van der Waals surface area contributed by atoms with Crippen LogP contribution in [0.1, 0.15) is 15.9 Å². The lowest BCUT2D eigenvalue weighted by atomic mass is 10.2. The summed E-state index contributed by atoms with van der Waals surface area (Å²) in [6.45, 7) is -2.92. The molecule has 0 aliphatic carbocycles. The van der Waals surface area contributed by atoms with Crippen LogP contribution in [-0.4, -0.2) is 26.8 Å². The fraction of sp³-hybridized carbons (Fsp3) is 0.235. The van der Waals surface area contributed by atoms with Gasteiger partial charge in [0.05, 0.1) is 19.8 Å². The zero-order chi connectivity index (χ0) is 17.5. The number of halogens is 2. The second kappa shape index (κ2) is 8.14. The normalized spacial score (nSPS) is 10.4. The number of carbonyl (C=O) groups excluding carboxylic acids is 1. The molecule has 2 aromatic rings. The molecule has 0 atom stereocenters. The summed E-state index contributed by atoms with van der Waals surface area (Å²) in [6, 6.07) is 10.9. The number of methoxy groups -OCH3 is 2. The molecule has 2 rings (SSSR count). The molecule has 128 valence electrons. The number of hydrogen-bond acceptors (Lipinski definition) is 5. The third kappa shape index (κ3) is 4.34. The van der Waals surface area contributed by atoms with Crippen molar-refractivity contribution in [1.29, 1.82) is 0 Å². The Balaban J connectivity index is 2.16. The highest BCUT2D eigenvalue weighted by Gasteiger charge is 2.13. The Morgan fingerprint density at radius 2 is 1.79 bits per heavy atom. The fourth-order valence-electron chi connectivity index (χ4n) is 2.02. The van der Waals surface area contributed by atoms with Gasteiger partial charge in [0.25, 0.3) is 0 Å². The Bertz CT molecular complexity index is 703. The van der Waals surface area contributed by atoms with Crippen LogP contribution in [0.3, 0.4) is 0 Å². The maximum absolute atomic E-state index is 12.4. The highest BCUT2D eigenvalue weighted by atomic mass is 19.3. The zero-order valence-corrected chi connectivity index (χ0v) is 13.1. The summed E-state index contributed by atoms with van der Waals surface area (Å²) < 4.78 is 44.7. The zero-order valence-electron chi connectivity index (χ0n) is 13.1. The monoisotopic (exact) mass is 338 g/mol. The number of hydrogen-bond donors (Lipinski definition) is 0. The molecule has 0 amide bonds. The number of rotatable bonds is 7. The molecule has 0 aliphatic heterocycles. The molecule has 0 unspecified atom stereocenters. The van der Waals surface area contributed by atoms with E-state index in [4.69, 9.17) is 9.47 Å². The highest BCUT2D eigenvalue weighted by molar-refractivity contribution is 5.90. The van der Waals surface area contributed by atoms with Gasteiger partial charge in [-0.05, 0) is 24.3 Å². The first kappa shape index (κ1) is 17.5. The quantitative estimate of drug-likeness (QED) is 0.721. The van der Waals surface area contributed by atoms with Crippen molar-refractivity contribution in [3.8, 4) is 17.2 Å². The highest BCUT2D eigenvalue weighted by Crippen LogP contribution is 2.30. The Morgan fingerprint density at radius 1 is 1.04 bits per heavy atom. The molecular formula is C17H16F2O5. The summed E-state index contributed by atoms with van der Waals surface area (Å²) in [7, 11) is 2.70. The first-order valence-corrected chi connectivity index (χ1v) is 6.97.